The third kappa shape index (κ3) is 2.81. The fourth-order valence-electron chi connectivity index (χ4n) is 2.88. The number of nitrogens with two attached hydrogens (primary N) is 1. The number of hydrogen-bond donors (Lipinski definition) is 2. The van der Waals surface area contributed by atoms with Crippen LogP contribution < -0.4 is 10.5 Å². The summed E-state index contributed by atoms with van der Waals surface area (Å²) in [6.07, 6.45) is 1.02. The van der Waals surface area contributed by atoms with Crippen molar-refractivity contribution >= 4 is 5.69 Å². The van der Waals surface area contributed by atoms with E-state index in [0.29, 0.717) is 5.75 Å². The number of hydrogen-bond acceptors (Lipinski definition) is 4. The zero-order valence-electron chi connectivity index (χ0n) is 12.2. The van der Waals surface area contributed by atoms with Gasteiger partial charge >= 0.3 is 0 Å². The highest BCUT2D eigenvalue weighted by Crippen LogP contribution is 2.29. The molecular formula is C17H20N2O2. The molecule has 0 aromatic heterocycles. The summed E-state index contributed by atoms with van der Waals surface area (Å²) in [6.45, 7) is 2.70. The highest BCUT2D eigenvalue weighted by Gasteiger charge is 2.18. The van der Waals surface area contributed by atoms with Gasteiger partial charge < -0.3 is 15.6 Å². The van der Waals surface area contributed by atoms with E-state index >= 15 is 0 Å². The molecule has 0 atom stereocenters. The molecule has 0 unspecified atom stereocenters. The first-order valence-corrected chi connectivity index (χ1v) is 7.12. The topological polar surface area (TPSA) is 58.7 Å². The number of nitrogens with zero attached hydrogens (tertiary/aromatic N) is 1. The lowest BCUT2D eigenvalue weighted by Gasteiger charge is -2.29. The molecule has 3 N–H and O–H groups in total. The molecular weight excluding hydrogens is 264 g/mol. The van der Waals surface area contributed by atoms with Crippen molar-refractivity contribution in [2.45, 2.75) is 19.5 Å². The van der Waals surface area contributed by atoms with Gasteiger partial charge in [-0.15, -0.1) is 0 Å². The summed E-state index contributed by atoms with van der Waals surface area (Å²) >= 11 is 0. The van der Waals surface area contributed by atoms with E-state index in [1.54, 1.807) is 13.2 Å². The van der Waals surface area contributed by atoms with E-state index in [-0.39, 0.29) is 5.75 Å². The van der Waals surface area contributed by atoms with Crippen LogP contribution in [-0.2, 0) is 19.5 Å². The van der Waals surface area contributed by atoms with Crippen LogP contribution >= 0.6 is 0 Å². The van der Waals surface area contributed by atoms with E-state index in [1.807, 2.05) is 24.3 Å². The Morgan fingerprint density at radius 1 is 1.29 bits per heavy atom. The van der Waals surface area contributed by atoms with Crippen molar-refractivity contribution in [1.29, 1.82) is 0 Å². The summed E-state index contributed by atoms with van der Waals surface area (Å²) < 4.78 is 5.16. The largest absolute Gasteiger partial charge is 0.504 e. The van der Waals surface area contributed by atoms with Crippen molar-refractivity contribution in [3.63, 3.8) is 0 Å². The molecule has 21 heavy (non-hydrogen) atoms. The quantitative estimate of drug-likeness (QED) is 0.850. The van der Waals surface area contributed by atoms with Crippen LogP contribution in [0.15, 0.2) is 36.4 Å². The van der Waals surface area contributed by atoms with E-state index in [9.17, 15) is 5.11 Å². The van der Waals surface area contributed by atoms with Gasteiger partial charge in [0.15, 0.2) is 11.5 Å². The summed E-state index contributed by atoms with van der Waals surface area (Å²) in [5.41, 5.74) is 10.7. The maximum Gasteiger partial charge on any atom is 0.160 e. The number of benzene rings is 2. The molecule has 1 aliphatic heterocycles. The monoisotopic (exact) mass is 284 g/mol. The predicted molar refractivity (Wildman–Crippen MR) is 83.3 cm³/mol. The van der Waals surface area contributed by atoms with Gasteiger partial charge in [0.25, 0.3) is 0 Å². The number of phenolic OH excluding ortho intramolecular Hbond substituents is 1. The molecule has 1 aliphatic rings. The van der Waals surface area contributed by atoms with Crippen LogP contribution in [0.4, 0.5) is 5.69 Å². The van der Waals surface area contributed by atoms with Crippen LogP contribution in [0.3, 0.4) is 0 Å². The summed E-state index contributed by atoms with van der Waals surface area (Å²) in [6, 6.07) is 11.6. The molecule has 2 aromatic rings. The van der Waals surface area contributed by atoms with E-state index in [4.69, 9.17) is 10.5 Å². The predicted octanol–water partition coefficient (Wildman–Crippen LogP) is 2.54. The highest BCUT2D eigenvalue weighted by atomic mass is 16.5. The van der Waals surface area contributed by atoms with Crippen LogP contribution in [0.25, 0.3) is 0 Å². The fourth-order valence-corrected chi connectivity index (χ4v) is 2.88. The smallest absolute Gasteiger partial charge is 0.160 e. The zero-order valence-corrected chi connectivity index (χ0v) is 12.2. The van der Waals surface area contributed by atoms with Crippen LogP contribution in [0, 0.1) is 0 Å². The Morgan fingerprint density at radius 3 is 2.95 bits per heavy atom. The van der Waals surface area contributed by atoms with Gasteiger partial charge in [-0.25, -0.2) is 0 Å². The number of fused-ring (bicyclic) bond motifs is 1. The molecule has 0 aliphatic carbocycles. The lowest BCUT2D eigenvalue weighted by Crippen LogP contribution is -2.30. The van der Waals surface area contributed by atoms with Crippen LogP contribution in [-0.4, -0.2) is 23.7 Å². The molecule has 4 heteroatoms. The number of nitrogen functional groups attached to an aromatic ring is 1. The normalized spacial score (nSPS) is 14.7. The number of methoxy groups -OCH3 is 1. The number of aromatic hydroxyl groups is 1. The Morgan fingerprint density at radius 2 is 2.14 bits per heavy atom. The standard InChI is InChI=1S/C17H20N2O2/c1-21-17-9-12(5-6-16(17)20)10-19-8-7-13-3-2-4-15(18)14(13)11-19/h2-6,9,20H,7-8,10-11,18H2,1H3. The van der Waals surface area contributed by atoms with E-state index in [2.05, 4.69) is 11.0 Å². The van der Waals surface area contributed by atoms with Gasteiger partial charge in [-0.3, -0.25) is 4.90 Å². The van der Waals surface area contributed by atoms with Gasteiger partial charge in [0.1, 0.15) is 0 Å². The van der Waals surface area contributed by atoms with Gasteiger partial charge in [-0.05, 0) is 41.3 Å². The van der Waals surface area contributed by atoms with Crippen molar-refractivity contribution in [1.82, 2.24) is 4.90 Å². The molecule has 0 saturated heterocycles. The second kappa shape index (κ2) is 5.66. The first kappa shape index (κ1) is 13.8. The third-order valence-corrected chi connectivity index (χ3v) is 4.04. The van der Waals surface area contributed by atoms with Gasteiger partial charge in [0, 0.05) is 25.3 Å². The van der Waals surface area contributed by atoms with Crippen molar-refractivity contribution in [2.24, 2.45) is 0 Å². The van der Waals surface area contributed by atoms with Gasteiger partial charge in [-0.2, -0.15) is 0 Å². The van der Waals surface area contributed by atoms with Crippen molar-refractivity contribution in [3.05, 3.63) is 53.1 Å². The van der Waals surface area contributed by atoms with Crippen molar-refractivity contribution in [3.8, 4) is 11.5 Å². The maximum absolute atomic E-state index is 9.65. The third-order valence-electron chi connectivity index (χ3n) is 4.04. The molecule has 0 radical (unpaired) electrons. The van der Waals surface area contributed by atoms with E-state index in [1.165, 1.54) is 11.1 Å². The number of anilines is 1. The Bertz CT molecular complexity index is 655. The maximum atomic E-state index is 9.65. The lowest BCUT2D eigenvalue weighted by atomic mass is 9.98. The van der Waals surface area contributed by atoms with E-state index < -0.39 is 0 Å². The minimum absolute atomic E-state index is 0.175. The van der Waals surface area contributed by atoms with Gasteiger partial charge in [-0.1, -0.05) is 18.2 Å². The Kier molecular flexibility index (Phi) is 3.71. The van der Waals surface area contributed by atoms with Crippen LogP contribution in [0.1, 0.15) is 16.7 Å². The average Bonchev–Trinajstić information content (AvgIpc) is 2.50. The first-order valence-electron chi connectivity index (χ1n) is 7.12. The van der Waals surface area contributed by atoms with Crippen molar-refractivity contribution in [2.75, 3.05) is 19.4 Å². The molecule has 0 fully saturated rings. The first-order chi connectivity index (χ1) is 10.2. The average molecular weight is 284 g/mol. The SMILES string of the molecule is COc1cc(CN2CCc3cccc(N)c3C2)ccc1O. The Balaban J connectivity index is 1.77. The summed E-state index contributed by atoms with van der Waals surface area (Å²) in [5.74, 6) is 0.693. The van der Waals surface area contributed by atoms with Crippen LogP contribution in [0.5, 0.6) is 11.5 Å². The Labute approximate surface area is 124 Å². The number of phenols is 1. The number of ether oxygens (including phenoxy) is 1. The molecule has 0 amide bonds. The molecule has 110 valence electrons. The second-order valence-electron chi connectivity index (χ2n) is 5.45. The molecule has 0 bridgehead atoms. The highest BCUT2D eigenvalue weighted by molar-refractivity contribution is 5.51. The molecule has 3 rings (SSSR count). The zero-order chi connectivity index (χ0) is 14.8. The van der Waals surface area contributed by atoms with Gasteiger partial charge in [0.05, 0.1) is 7.11 Å². The molecule has 0 spiro atoms. The minimum atomic E-state index is 0.175. The fraction of sp³-hybridized carbons (Fsp3) is 0.294. The summed E-state index contributed by atoms with van der Waals surface area (Å²) in [5, 5.41) is 9.65. The lowest BCUT2D eigenvalue weighted by molar-refractivity contribution is 0.245. The minimum Gasteiger partial charge on any atom is -0.504 e. The summed E-state index contributed by atoms with van der Waals surface area (Å²) in [7, 11) is 1.57. The molecule has 1 heterocycles. The number of rotatable bonds is 3. The summed E-state index contributed by atoms with van der Waals surface area (Å²) in [4.78, 5) is 2.37. The van der Waals surface area contributed by atoms with E-state index in [0.717, 1.165) is 37.3 Å². The van der Waals surface area contributed by atoms with Crippen LogP contribution in [0.2, 0.25) is 0 Å². The molecule has 2 aromatic carbocycles. The second-order valence-corrected chi connectivity index (χ2v) is 5.45. The van der Waals surface area contributed by atoms with Gasteiger partial charge in [0.2, 0.25) is 0 Å². The van der Waals surface area contributed by atoms with Crippen molar-refractivity contribution < 1.29 is 9.84 Å². The molecule has 0 saturated carbocycles. The molecule has 4 nitrogen and oxygen atoms in total. The Hall–Kier alpha value is -2.20.